The summed E-state index contributed by atoms with van der Waals surface area (Å²) in [5.74, 6) is -7.30. The molecule has 0 unspecified atom stereocenters. The third-order valence-corrected chi connectivity index (χ3v) is 9.11. The van der Waals surface area contributed by atoms with Gasteiger partial charge in [0.05, 0.1) is 11.6 Å². The fourth-order valence-corrected chi connectivity index (χ4v) is 7.05. The zero-order valence-corrected chi connectivity index (χ0v) is 25.6. The lowest BCUT2D eigenvalue weighted by Gasteiger charge is -2.50. The molecule has 0 saturated heterocycles. The number of likely N-dealkylation sites (N-methyl/N-ethyl adjacent to an activating group) is 1. The molecule has 238 valence electrons. The summed E-state index contributed by atoms with van der Waals surface area (Å²) in [6.45, 7) is 1.32. The van der Waals surface area contributed by atoms with Crippen LogP contribution in [0.15, 0.2) is 59.1 Å². The molecule has 7 N–H and O–H groups in total. The number of aliphatic hydroxyl groups is 3. The van der Waals surface area contributed by atoms with E-state index in [0.717, 1.165) is 13.0 Å². The largest absolute Gasteiger partial charge is 0.510 e. The summed E-state index contributed by atoms with van der Waals surface area (Å²) in [6, 6.07) is 8.84. The number of phenols is 1. The molecule has 2 aromatic rings. The molecule has 4 atom stereocenters. The third kappa shape index (κ3) is 5.18. The molecule has 3 aliphatic carbocycles. The SMILES string of the molecule is CN(C)CCCNC(=O)c1cccc(-c2ccc(O)c3c2C[C@H]2C[C@H]4[C@H](N(C)C)C(O)=C(C(N)=O)C(=O)[C@@]4(O)C(O)=C2C3=O)c1. The van der Waals surface area contributed by atoms with Crippen molar-refractivity contribution >= 4 is 23.4 Å². The van der Waals surface area contributed by atoms with Gasteiger partial charge in [-0.05, 0) is 94.8 Å². The lowest BCUT2D eigenvalue weighted by atomic mass is 9.58. The smallest absolute Gasteiger partial charge is 0.255 e. The second-order valence-electron chi connectivity index (χ2n) is 12.4. The number of nitrogens with one attached hydrogen (secondary N) is 1. The highest BCUT2D eigenvalue weighted by Crippen LogP contribution is 2.53. The molecular weight excluding hydrogens is 580 g/mol. The van der Waals surface area contributed by atoms with E-state index >= 15 is 0 Å². The monoisotopic (exact) mass is 618 g/mol. The van der Waals surface area contributed by atoms with Crippen LogP contribution >= 0.6 is 0 Å². The van der Waals surface area contributed by atoms with E-state index < -0.39 is 58.0 Å². The van der Waals surface area contributed by atoms with Crippen LogP contribution in [0, 0.1) is 11.8 Å². The average Bonchev–Trinajstić information content (AvgIpc) is 2.96. The number of carbonyl (C=O) groups is 4. The van der Waals surface area contributed by atoms with Gasteiger partial charge in [0.15, 0.2) is 11.4 Å². The summed E-state index contributed by atoms with van der Waals surface area (Å²) >= 11 is 0. The number of primary amides is 1. The Bertz CT molecular complexity index is 1680. The number of allylic oxidation sites excluding steroid dienone is 1. The van der Waals surface area contributed by atoms with Crippen LogP contribution in [0.25, 0.3) is 11.1 Å². The van der Waals surface area contributed by atoms with Gasteiger partial charge in [0.1, 0.15) is 22.8 Å². The van der Waals surface area contributed by atoms with Crippen molar-refractivity contribution < 1.29 is 39.6 Å². The Kier molecular flexibility index (Phi) is 8.34. The number of amides is 2. The van der Waals surface area contributed by atoms with Crippen LogP contribution in [0.2, 0.25) is 0 Å². The number of aliphatic hydroxyl groups excluding tert-OH is 2. The Morgan fingerprint density at radius 1 is 1.07 bits per heavy atom. The fourth-order valence-electron chi connectivity index (χ4n) is 7.05. The van der Waals surface area contributed by atoms with Gasteiger partial charge < -0.3 is 36.4 Å². The Hall–Kier alpha value is -4.52. The number of Topliss-reactive ketones (excluding diaryl/α,β-unsaturated/α-hetero) is 2. The quantitative estimate of drug-likeness (QED) is 0.186. The highest BCUT2D eigenvalue weighted by Gasteiger charge is 2.63. The normalized spacial score (nSPS) is 24.5. The number of hydrogen-bond acceptors (Lipinski definition) is 10. The maximum Gasteiger partial charge on any atom is 0.255 e. The molecule has 3 aliphatic rings. The molecular formula is C33H38N4O8. The number of aromatic hydroxyl groups is 1. The van der Waals surface area contributed by atoms with E-state index in [4.69, 9.17) is 5.73 Å². The van der Waals surface area contributed by atoms with Gasteiger partial charge in [0.2, 0.25) is 5.78 Å². The minimum absolute atomic E-state index is 0.0176. The first-order valence-electron chi connectivity index (χ1n) is 14.7. The highest BCUT2D eigenvalue weighted by molar-refractivity contribution is 6.25. The van der Waals surface area contributed by atoms with E-state index in [0.29, 0.717) is 28.8 Å². The first-order valence-corrected chi connectivity index (χ1v) is 14.7. The van der Waals surface area contributed by atoms with E-state index in [2.05, 4.69) is 5.32 Å². The van der Waals surface area contributed by atoms with E-state index in [1.165, 1.54) is 11.0 Å². The Morgan fingerprint density at radius 2 is 1.78 bits per heavy atom. The molecule has 0 bridgehead atoms. The number of nitrogens with zero attached hydrogens (tertiary/aromatic N) is 2. The number of nitrogens with two attached hydrogens (primary N) is 1. The molecule has 2 aromatic carbocycles. The lowest BCUT2D eigenvalue weighted by molar-refractivity contribution is -0.148. The van der Waals surface area contributed by atoms with Crippen molar-refractivity contribution in [1.29, 1.82) is 0 Å². The number of carbonyl (C=O) groups excluding carboxylic acids is 4. The zero-order chi connectivity index (χ0) is 33.0. The van der Waals surface area contributed by atoms with Gasteiger partial charge in [-0.2, -0.15) is 0 Å². The van der Waals surface area contributed by atoms with Gasteiger partial charge in [0, 0.05) is 23.6 Å². The van der Waals surface area contributed by atoms with Gasteiger partial charge in [-0.3, -0.25) is 24.1 Å². The van der Waals surface area contributed by atoms with E-state index in [9.17, 15) is 39.6 Å². The van der Waals surface area contributed by atoms with E-state index in [-0.39, 0.29) is 35.6 Å². The standard InChI is InChI=1S/C33H38N4O8/c1-36(2)12-6-11-35-32(44)17-8-5-7-16(13-17)19-9-10-22(38)24-20(19)14-18-15-21-26(37(3)4)28(40)25(31(34)43)30(42)33(21,45)29(41)23(18)27(24)39/h5,7-10,13,18,21,26,38,40-41,45H,6,11-12,14-15H2,1-4H3,(H2,34,43)(H,35,44)/t18-,21-,26-,33-/m0/s1. The minimum Gasteiger partial charge on any atom is -0.510 e. The molecule has 12 heteroatoms. The van der Waals surface area contributed by atoms with Crippen LogP contribution in [0.1, 0.15) is 39.1 Å². The molecule has 12 nitrogen and oxygen atoms in total. The molecule has 0 saturated carbocycles. The maximum absolute atomic E-state index is 14.0. The first kappa shape index (κ1) is 31.9. The van der Waals surface area contributed by atoms with Crippen LogP contribution in [-0.4, -0.2) is 107 Å². The first-order chi connectivity index (χ1) is 21.2. The summed E-state index contributed by atoms with van der Waals surface area (Å²) < 4.78 is 0. The van der Waals surface area contributed by atoms with E-state index in [1.807, 2.05) is 19.0 Å². The van der Waals surface area contributed by atoms with Crippen LogP contribution in [0.3, 0.4) is 0 Å². The number of fused-ring (bicyclic) bond motifs is 3. The molecule has 0 aliphatic heterocycles. The number of phenolic OH excluding ortho intramolecular Hbond substituents is 1. The molecule has 0 heterocycles. The summed E-state index contributed by atoms with van der Waals surface area (Å²) in [6.07, 6.45) is 0.902. The number of benzene rings is 2. The van der Waals surface area contributed by atoms with Gasteiger partial charge in [0.25, 0.3) is 11.8 Å². The molecule has 45 heavy (non-hydrogen) atoms. The van der Waals surface area contributed by atoms with Crippen molar-refractivity contribution in [3.63, 3.8) is 0 Å². The zero-order valence-electron chi connectivity index (χ0n) is 25.6. The molecule has 2 amide bonds. The lowest BCUT2D eigenvalue weighted by Crippen LogP contribution is -2.63. The van der Waals surface area contributed by atoms with Gasteiger partial charge >= 0.3 is 0 Å². The van der Waals surface area contributed by atoms with Crippen molar-refractivity contribution in [3.8, 4) is 16.9 Å². The number of ketones is 2. The second-order valence-corrected chi connectivity index (χ2v) is 12.4. The van der Waals surface area contributed by atoms with Gasteiger partial charge in [-0.1, -0.05) is 18.2 Å². The van der Waals surface area contributed by atoms with Gasteiger partial charge in [-0.15, -0.1) is 0 Å². The van der Waals surface area contributed by atoms with Crippen LogP contribution in [-0.2, 0) is 16.0 Å². The third-order valence-electron chi connectivity index (χ3n) is 9.11. The average molecular weight is 619 g/mol. The Morgan fingerprint density at radius 3 is 2.42 bits per heavy atom. The van der Waals surface area contributed by atoms with Crippen LogP contribution < -0.4 is 11.1 Å². The van der Waals surface area contributed by atoms with Crippen LogP contribution in [0.5, 0.6) is 5.75 Å². The molecule has 0 fully saturated rings. The number of rotatable bonds is 8. The number of hydrogen-bond donors (Lipinski definition) is 6. The minimum atomic E-state index is -2.70. The van der Waals surface area contributed by atoms with Crippen molar-refractivity contribution in [3.05, 3.63) is 75.8 Å². The molecule has 0 aromatic heterocycles. The second kappa shape index (κ2) is 11.8. The predicted molar refractivity (Wildman–Crippen MR) is 165 cm³/mol. The van der Waals surface area contributed by atoms with Crippen LogP contribution in [0.4, 0.5) is 0 Å². The Balaban J connectivity index is 1.57. The summed E-state index contributed by atoms with van der Waals surface area (Å²) in [5, 5.41) is 48.0. The maximum atomic E-state index is 14.0. The highest BCUT2D eigenvalue weighted by atomic mass is 16.3. The summed E-state index contributed by atoms with van der Waals surface area (Å²) in [5.41, 5.74) is 3.65. The molecule has 5 rings (SSSR count). The van der Waals surface area contributed by atoms with E-state index in [1.54, 1.807) is 44.4 Å². The predicted octanol–water partition coefficient (Wildman–Crippen LogP) is 1.47. The molecule has 0 radical (unpaired) electrons. The van der Waals surface area contributed by atoms with Crippen molar-refractivity contribution in [1.82, 2.24) is 15.1 Å². The summed E-state index contributed by atoms with van der Waals surface area (Å²) in [4.78, 5) is 56.1. The van der Waals surface area contributed by atoms with Crippen molar-refractivity contribution in [2.45, 2.75) is 30.9 Å². The van der Waals surface area contributed by atoms with Crippen molar-refractivity contribution in [2.75, 3.05) is 41.3 Å². The van der Waals surface area contributed by atoms with Crippen molar-refractivity contribution in [2.24, 2.45) is 17.6 Å². The molecule has 0 spiro atoms. The fraction of sp³-hybridized carbons (Fsp3) is 0.394. The topological polar surface area (TPSA) is 194 Å². The summed E-state index contributed by atoms with van der Waals surface area (Å²) in [7, 11) is 7.07. The van der Waals surface area contributed by atoms with Gasteiger partial charge in [-0.25, -0.2) is 0 Å². The Labute approximate surface area is 260 Å².